The Labute approximate surface area is 110 Å². The van der Waals surface area contributed by atoms with Gasteiger partial charge in [-0.1, -0.05) is 42.0 Å². The lowest BCUT2D eigenvalue weighted by atomic mass is 9.69. The first kappa shape index (κ1) is 12.0. The van der Waals surface area contributed by atoms with Crippen LogP contribution in [0.25, 0.3) is 0 Å². The van der Waals surface area contributed by atoms with Crippen LogP contribution in [0.4, 0.5) is 0 Å². The molecule has 0 N–H and O–H groups in total. The average molecular weight is 242 g/mol. The van der Waals surface area contributed by atoms with E-state index in [1.165, 1.54) is 24.0 Å². The molecule has 0 amide bonds. The van der Waals surface area contributed by atoms with E-state index in [9.17, 15) is 0 Å². The van der Waals surface area contributed by atoms with Crippen molar-refractivity contribution in [3.05, 3.63) is 47.5 Å². The number of ether oxygens (including phenoxy) is 1. The molecule has 1 nitrogen and oxygen atoms in total. The van der Waals surface area contributed by atoms with Gasteiger partial charge in [0.2, 0.25) is 0 Å². The lowest BCUT2D eigenvalue weighted by Crippen LogP contribution is -2.45. The maximum absolute atomic E-state index is 6.46. The van der Waals surface area contributed by atoms with E-state index < -0.39 is 0 Å². The number of allylic oxidation sites excluding steroid dienone is 1. The molecular formula is C17H22O. The average Bonchev–Trinajstić information content (AvgIpc) is 2.37. The number of hydrogen-bond acceptors (Lipinski definition) is 1. The van der Waals surface area contributed by atoms with Crippen molar-refractivity contribution in [1.29, 1.82) is 0 Å². The molecule has 1 aromatic rings. The van der Waals surface area contributed by atoms with Crippen LogP contribution in [-0.4, -0.2) is 5.60 Å². The van der Waals surface area contributed by atoms with Crippen molar-refractivity contribution in [3.63, 3.8) is 0 Å². The fourth-order valence-corrected chi connectivity index (χ4v) is 3.45. The fourth-order valence-electron chi connectivity index (χ4n) is 3.45. The Balaban J connectivity index is 1.99. The van der Waals surface area contributed by atoms with Crippen molar-refractivity contribution in [2.45, 2.75) is 45.3 Å². The zero-order valence-electron chi connectivity index (χ0n) is 11.5. The Hall–Kier alpha value is -1.08. The Morgan fingerprint density at radius 1 is 1.17 bits per heavy atom. The molecular weight excluding hydrogens is 220 g/mol. The lowest BCUT2D eigenvalue weighted by Gasteiger charge is -2.49. The van der Waals surface area contributed by atoms with E-state index in [4.69, 9.17) is 4.74 Å². The second kappa shape index (κ2) is 4.24. The maximum Gasteiger partial charge on any atom is 0.0897 e. The molecule has 0 saturated carbocycles. The van der Waals surface area contributed by atoms with Crippen LogP contribution in [0.2, 0.25) is 0 Å². The lowest BCUT2D eigenvalue weighted by molar-refractivity contribution is -0.166. The van der Waals surface area contributed by atoms with Crippen molar-refractivity contribution in [1.82, 2.24) is 0 Å². The van der Waals surface area contributed by atoms with Gasteiger partial charge in [0.05, 0.1) is 11.7 Å². The molecule has 2 bridgehead atoms. The van der Waals surface area contributed by atoms with Gasteiger partial charge in [-0.3, -0.25) is 0 Å². The minimum atomic E-state index is -0.00575. The molecule has 96 valence electrons. The summed E-state index contributed by atoms with van der Waals surface area (Å²) in [4.78, 5) is 0. The van der Waals surface area contributed by atoms with Gasteiger partial charge in [-0.2, -0.15) is 0 Å². The molecule has 0 radical (unpaired) electrons. The molecule has 0 spiro atoms. The van der Waals surface area contributed by atoms with Crippen molar-refractivity contribution in [2.24, 2.45) is 11.8 Å². The smallest absolute Gasteiger partial charge is 0.0897 e. The van der Waals surface area contributed by atoms with Crippen molar-refractivity contribution in [3.8, 4) is 0 Å². The topological polar surface area (TPSA) is 9.23 Å². The highest BCUT2D eigenvalue weighted by Crippen LogP contribution is 2.50. The van der Waals surface area contributed by atoms with Gasteiger partial charge in [0.15, 0.2) is 0 Å². The molecule has 1 heterocycles. The molecule has 1 aliphatic carbocycles. The van der Waals surface area contributed by atoms with Crippen LogP contribution in [0, 0.1) is 11.8 Å². The standard InChI is InChI=1S/C17H22O/c1-12-9-10-14-11-15(12)16(18-17(14,2)3)13-7-5-4-6-8-13/h4-9,14-16H,10-11H2,1-3H3. The first-order valence-corrected chi connectivity index (χ1v) is 6.97. The van der Waals surface area contributed by atoms with E-state index in [2.05, 4.69) is 57.2 Å². The van der Waals surface area contributed by atoms with E-state index in [1.54, 1.807) is 0 Å². The summed E-state index contributed by atoms with van der Waals surface area (Å²) >= 11 is 0. The summed E-state index contributed by atoms with van der Waals surface area (Å²) in [5.41, 5.74) is 2.83. The van der Waals surface area contributed by atoms with Gasteiger partial charge >= 0.3 is 0 Å². The number of hydrogen-bond donors (Lipinski definition) is 0. The number of rotatable bonds is 1. The molecule has 2 aliphatic rings. The second-order valence-corrected chi connectivity index (χ2v) is 6.28. The fraction of sp³-hybridized carbons (Fsp3) is 0.529. The number of fused-ring (bicyclic) bond motifs is 2. The van der Waals surface area contributed by atoms with Crippen LogP contribution < -0.4 is 0 Å². The predicted octanol–water partition coefficient (Wildman–Crippen LogP) is 4.51. The predicted molar refractivity (Wildman–Crippen MR) is 74.3 cm³/mol. The van der Waals surface area contributed by atoms with E-state index in [1.807, 2.05) is 0 Å². The third-order valence-electron chi connectivity index (χ3n) is 4.76. The summed E-state index contributed by atoms with van der Waals surface area (Å²) in [6.45, 7) is 6.76. The van der Waals surface area contributed by atoms with E-state index in [0.29, 0.717) is 11.8 Å². The Morgan fingerprint density at radius 2 is 1.89 bits per heavy atom. The normalized spacial score (nSPS) is 33.9. The summed E-state index contributed by atoms with van der Waals surface area (Å²) in [6, 6.07) is 10.7. The van der Waals surface area contributed by atoms with Gasteiger partial charge in [-0.05, 0) is 45.1 Å². The molecule has 1 aromatic carbocycles. The summed E-state index contributed by atoms with van der Waals surface area (Å²) in [5, 5.41) is 0. The first-order valence-electron chi connectivity index (χ1n) is 6.97. The molecule has 1 aliphatic heterocycles. The molecule has 3 unspecified atom stereocenters. The van der Waals surface area contributed by atoms with Crippen LogP contribution in [0.1, 0.15) is 45.3 Å². The van der Waals surface area contributed by atoms with Gasteiger partial charge in [-0.15, -0.1) is 0 Å². The van der Waals surface area contributed by atoms with Crippen LogP contribution in [0.3, 0.4) is 0 Å². The van der Waals surface area contributed by atoms with Gasteiger partial charge in [0.1, 0.15) is 0 Å². The van der Waals surface area contributed by atoms with Crippen LogP contribution >= 0.6 is 0 Å². The highest BCUT2D eigenvalue weighted by atomic mass is 16.5. The molecule has 3 atom stereocenters. The Morgan fingerprint density at radius 3 is 2.61 bits per heavy atom. The molecule has 18 heavy (non-hydrogen) atoms. The minimum absolute atomic E-state index is 0.00575. The second-order valence-electron chi connectivity index (χ2n) is 6.28. The molecule has 1 saturated heterocycles. The van der Waals surface area contributed by atoms with Gasteiger partial charge in [-0.25, -0.2) is 0 Å². The van der Waals surface area contributed by atoms with Gasteiger partial charge in [0, 0.05) is 5.92 Å². The van der Waals surface area contributed by atoms with Crippen molar-refractivity contribution < 1.29 is 4.74 Å². The summed E-state index contributed by atoms with van der Waals surface area (Å²) < 4.78 is 6.46. The third-order valence-corrected chi connectivity index (χ3v) is 4.76. The first-order chi connectivity index (χ1) is 8.58. The Kier molecular flexibility index (Phi) is 2.82. The van der Waals surface area contributed by atoms with E-state index in [0.717, 1.165) is 0 Å². The highest BCUT2D eigenvalue weighted by Gasteiger charge is 2.45. The monoisotopic (exact) mass is 242 g/mol. The summed E-state index contributed by atoms with van der Waals surface area (Å²) in [5.74, 6) is 1.24. The quantitative estimate of drug-likeness (QED) is 0.658. The molecule has 0 aromatic heterocycles. The molecule has 1 heteroatoms. The van der Waals surface area contributed by atoms with Crippen molar-refractivity contribution >= 4 is 0 Å². The highest BCUT2D eigenvalue weighted by molar-refractivity contribution is 5.25. The largest absolute Gasteiger partial charge is 0.367 e. The minimum Gasteiger partial charge on any atom is -0.367 e. The zero-order chi connectivity index (χ0) is 12.8. The van der Waals surface area contributed by atoms with Crippen LogP contribution in [0.5, 0.6) is 0 Å². The van der Waals surface area contributed by atoms with Gasteiger partial charge < -0.3 is 4.74 Å². The Bertz CT molecular complexity index is 458. The van der Waals surface area contributed by atoms with Crippen LogP contribution in [-0.2, 0) is 4.74 Å². The molecule has 1 fully saturated rings. The number of benzene rings is 1. The zero-order valence-corrected chi connectivity index (χ0v) is 11.5. The summed E-state index contributed by atoms with van der Waals surface area (Å²) in [6.07, 6.45) is 5.11. The van der Waals surface area contributed by atoms with E-state index in [-0.39, 0.29) is 11.7 Å². The third kappa shape index (κ3) is 1.91. The molecule has 3 rings (SSSR count). The van der Waals surface area contributed by atoms with E-state index >= 15 is 0 Å². The van der Waals surface area contributed by atoms with Crippen LogP contribution in [0.15, 0.2) is 42.0 Å². The SMILES string of the molecule is CC1=CCC2CC1C(c1ccccc1)OC2(C)C. The van der Waals surface area contributed by atoms with Gasteiger partial charge in [0.25, 0.3) is 0 Å². The maximum atomic E-state index is 6.46. The van der Waals surface area contributed by atoms with Crippen molar-refractivity contribution in [2.75, 3.05) is 0 Å². The summed E-state index contributed by atoms with van der Waals surface area (Å²) in [7, 11) is 0.